The van der Waals surface area contributed by atoms with Gasteiger partial charge in [-0.05, 0) is 50.6 Å². The molecule has 0 aliphatic rings. The van der Waals surface area contributed by atoms with Crippen molar-refractivity contribution in [2.24, 2.45) is 0 Å². The van der Waals surface area contributed by atoms with Crippen molar-refractivity contribution in [3.63, 3.8) is 0 Å². The molecular formula is C13H8BrClFN5. The smallest absolute Gasteiger partial charge is 0.188 e. The molecule has 8 heteroatoms. The quantitative estimate of drug-likeness (QED) is 0.703. The maximum Gasteiger partial charge on any atom is 0.188 e. The summed E-state index contributed by atoms with van der Waals surface area (Å²) in [6.07, 6.45) is 0. The van der Waals surface area contributed by atoms with Crippen LogP contribution in [0.2, 0.25) is 5.02 Å². The third-order valence-electron chi connectivity index (χ3n) is 2.89. The van der Waals surface area contributed by atoms with E-state index in [0.717, 1.165) is 0 Å². The lowest BCUT2D eigenvalue weighted by Crippen LogP contribution is -2.04. The Morgan fingerprint density at radius 2 is 1.95 bits per heavy atom. The minimum atomic E-state index is -0.460. The molecule has 0 bridgehead atoms. The maximum absolute atomic E-state index is 14.1. The Balaban J connectivity index is 2.25. The van der Waals surface area contributed by atoms with Crippen molar-refractivity contribution in [3.8, 4) is 17.1 Å². The molecule has 1 heterocycles. The molecule has 0 aliphatic heterocycles. The molecule has 3 rings (SSSR count). The summed E-state index contributed by atoms with van der Waals surface area (Å²) in [6, 6.07) is 9.72. The first-order valence-corrected chi connectivity index (χ1v) is 7.04. The molecule has 0 fully saturated rings. The minimum absolute atomic E-state index is 0.205. The molecule has 0 unspecified atom stereocenters. The zero-order valence-corrected chi connectivity index (χ0v) is 12.8. The minimum Gasteiger partial charge on any atom is -0.398 e. The first kappa shape index (κ1) is 14.0. The van der Waals surface area contributed by atoms with Gasteiger partial charge in [0.2, 0.25) is 0 Å². The van der Waals surface area contributed by atoms with Gasteiger partial charge in [0, 0.05) is 10.0 Å². The summed E-state index contributed by atoms with van der Waals surface area (Å²) < 4.78 is 15.9. The molecule has 0 radical (unpaired) electrons. The van der Waals surface area contributed by atoms with E-state index in [0.29, 0.717) is 26.6 Å². The van der Waals surface area contributed by atoms with E-state index >= 15 is 0 Å². The summed E-state index contributed by atoms with van der Waals surface area (Å²) in [4.78, 5) is 0. The average Bonchev–Trinajstić information content (AvgIpc) is 2.91. The Morgan fingerprint density at radius 3 is 2.71 bits per heavy atom. The van der Waals surface area contributed by atoms with E-state index in [1.54, 1.807) is 30.3 Å². The Bertz CT molecular complexity index is 800. The van der Waals surface area contributed by atoms with E-state index in [1.807, 2.05) is 0 Å². The van der Waals surface area contributed by atoms with Crippen LogP contribution in [0, 0.1) is 5.82 Å². The zero-order chi connectivity index (χ0) is 15.0. The van der Waals surface area contributed by atoms with Crippen LogP contribution in [0.15, 0.2) is 40.9 Å². The molecular weight excluding hydrogens is 361 g/mol. The van der Waals surface area contributed by atoms with Gasteiger partial charge in [0.1, 0.15) is 11.5 Å². The highest BCUT2D eigenvalue weighted by Gasteiger charge is 2.19. The number of tetrazole rings is 1. The van der Waals surface area contributed by atoms with Crippen molar-refractivity contribution < 1.29 is 4.39 Å². The Morgan fingerprint density at radius 1 is 1.19 bits per heavy atom. The van der Waals surface area contributed by atoms with E-state index in [2.05, 4.69) is 31.5 Å². The van der Waals surface area contributed by atoms with Gasteiger partial charge < -0.3 is 5.73 Å². The highest BCUT2D eigenvalue weighted by molar-refractivity contribution is 9.10. The average molecular weight is 369 g/mol. The van der Waals surface area contributed by atoms with Gasteiger partial charge in [-0.15, -0.1) is 5.10 Å². The molecule has 0 aliphatic carbocycles. The van der Waals surface area contributed by atoms with Gasteiger partial charge >= 0.3 is 0 Å². The predicted octanol–water partition coefficient (Wildman–Crippen LogP) is 3.47. The molecule has 2 N–H and O–H groups in total. The van der Waals surface area contributed by atoms with Crippen molar-refractivity contribution in [3.05, 3.63) is 51.7 Å². The SMILES string of the molecule is Nc1cccc(-c2nnnn2-c2c(F)cccc2Br)c1Cl. The number of nitrogens with two attached hydrogens (primary N) is 1. The monoisotopic (exact) mass is 367 g/mol. The molecule has 21 heavy (non-hydrogen) atoms. The van der Waals surface area contributed by atoms with Crippen LogP contribution in [0.4, 0.5) is 10.1 Å². The number of nitrogens with zero attached hydrogens (tertiary/aromatic N) is 4. The van der Waals surface area contributed by atoms with Gasteiger partial charge in [-0.1, -0.05) is 23.7 Å². The molecule has 0 saturated carbocycles. The van der Waals surface area contributed by atoms with Gasteiger partial charge in [0.15, 0.2) is 5.82 Å². The second kappa shape index (κ2) is 5.42. The number of hydrogen-bond donors (Lipinski definition) is 1. The molecule has 0 atom stereocenters. The standard InChI is InChI=1S/C13H8BrClFN5/c14-8-4-2-5-9(16)12(8)21-13(18-19-20-21)7-3-1-6-10(17)11(7)15/h1-6H,17H2. The van der Waals surface area contributed by atoms with Gasteiger partial charge in [-0.3, -0.25) is 0 Å². The van der Waals surface area contributed by atoms with Crippen molar-refractivity contribution >= 4 is 33.2 Å². The third-order valence-corrected chi connectivity index (χ3v) is 3.95. The van der Waals surface area contributed by atoms with Crippen LogP contribution >= 0.6 is 27.5 Å². The van der Waals surface area contributed by atoms with Gasteiger partial charge in [0.05, 0.1) is 10.7 Å². The number of aromatic nitrogens is 4. The number of halogens is 3. The lowest BCUT2D eigenvalue weighted by atomic mass is 10.2. The maximum atomic E-state index is 14.1. The van der Waals surface area contributed by atoms with Gasteiger partial charge in [-0.25, -0.2) is 4.39 Å². The number of nitrogen functional groups attached to an aromatic ring is 1. The van der Waals surface area contributed by atoms with E-state index < -0.39 is 5.82 Å². The topological polar surface area (TPSA) is 69.6 Å². The van der Waals surface area contributed by atoms with Gasteiger partial charge in [0.25, 0.3) is 0 Å². The Labute approximate surface area is 132 Å². The van der Waals surface area contributed by atoms with E-state index in [4.69, 9.17) is 17.3 Å². The van der Waals surface area contributed by atoms with E-state index in [9.17, 15) is 4.39 Å². The summed E-state index contributed by atoms with van der Waals surface area (Å²) in [5.41, 5.74) is 6.91. The molecule has 106 valence electrons. The Hall–Kier alpha value is -1.99. The van der Waals surface area contributed by atoms with Crippen LogP contribution in [-0.2, 0) is 0 Å². The highest BCUT2D eigenvalue weighted by atomic mass is 79.9. The number of hydrogen-bond acceptors (Lipinski definition) is 4. The predicted molar refractivity (Wildman–Crippen MR) is 81.7 cm³/mol. The fourth-order valence-electron chi connectivity index (χ4n) is 1.92. The summed E-state index contributed by atoms with van der Waals surface area (Å²) in [7, 11) is 0. The summed E-state index contributed by atoms with van der Waals surface area (Å²) in [6.45, 7) is 0. The summed E-state index contributed by atoms with van der Waals surface area (Å²) in [5.74, 6) is -0.156. The van der Waals surface area contributed by atoms with Crippen LogP contribution in [0.3, 0.4) is 0 Å². The lowest BCUT2D eigenvalue weighted by molar-refractivity contribution is 0.606. The largest absolute Gasteiger partial charge is 0.398 e. The molecule has 0 saturated heterocycles. The summed E-state index contributed by atoms with van der Waals surface area (Å²) in [5, 5.41) is 11.7. The van der Waals surface area contributed by atoms with Crippen LogP contribution in [0.5, 0.6) is 0 Å². The Kier molecular flexibility index (Phi) is 3.60. The first-order valence-electron chi connectivity index (χ1n) is 5.86. The van der Waals surface area contributed by atoms with Gasteiger partial charge in [-0.2, -0.15) is 4.68 Å². The second-order valence-corrected chi connectivity index (χ2v) is 5.43. The van der Waals surface area contributed by atoms with Crippen LogP contribution in [-0.4, -0.2) is 20.2 Å². The number of benzene rings is 2. The first-order chi connectivity index (χ1) is 10.1. The van der Waals surface area contributed by atoms with Crippen molar-refractivity contribution in [2.45, 2.75) is 0 Å². The van der Waals surface area contributed by atoms with Crippen LogP contribution < -0.4 is 5.73 Å². The fourth-order valence-corrected chi connectivity index (χ4v) is 2.64. The lowest BCUT2D eigenvalue weighted by Gasteiger charge is -2.09. The van der Waals surface area contributed by atoms with Crippen molar-refractivity contribution in [2.75, 3.05) is 5.73 Å². The number of anilines is 1. The fraction of sp³-hybridized carbons (Fsp3) is 0. The molecule has 5 nitrogen and oxygen atoms in total. The molecule has 1 aromatic heterocycles. The van der Waals surface area contributed by atoms with Crippen LogP contribution in [0.25, 0.3) is 17.1 Å². The summed E-state index contributed by atoms with van der Waals surface area (Å²) >= 11 is 9.48. The zero-order valence-electron chi connectivity index (χ0n) is 10.5. The van der Waals surface area contributed by atoms with E-state index in [1.165, 1.54) is 10.7 Å². The normalized spacial score (nSPS) is 10.8. The molecule has 0 spiro atoms. The van der Waals surface area contributed by atoms with Crippen LogP contribution in [0.1, 0.15) is 0 Å². The third kappa shape index (κ3) is 2.38. The van der Waals surface area contributed by atoms with E-state index in [-0.39, 0.29) is 5.69 Å². The highest BCUT2D eigenvalue weighted by Crippen LogP contribution is 2.33. The van der Waals surface area contributed by atoms with Crippen molar-refractivity contribution in [1.29, 1.82) is 0 Å². The van der Waals surface area contributed by atoms with Crippen molar-refractivity contribution in [1.82, 2.24) is 20.2 Å². The molecule has 0 amide bonds. The molecule has 3 aromatic rings. The number of rotatable bonds is 2. The molecule has 2 aromatic carbocycles. The second-order valence-electron chi connectivity index (χ2n) is 4.19. The number of para-hydroxylation sites is 1.